The largest absolute Gasteiger partial charge is 0.395 e. The molecule has 0 radical (unpaired) electrons. The summed E-state index contributed by atoms with van der Waals surface area (Å²) in [6, 6.07) is 5.18. The Bertz CT molecular complexity index is 379. The smallest absolute Gasteiger partial charge is 0.151 e. The van der Waals surface area contributed by atoms with E-state index in [9.17, 15) is 4.79 Å². The van der Waals surface area contributed by atoms with Crippen molar-refractivity contribution >= 4 is 23.6 Å². The maximum Gasteiger partial charge on any atom is 0.151 e. The summed E-state index contributed by atoms with van der Waals surface area (Å²) in [7, 11) is 0. The standard InChI is InChI=1S/C12H14ClNO2/c1-2-5-14(6-7-15)11-4-3-10(9-16)12(13)8-11/h2-4,8-9,15H,1,5-7H2. The van der Waals surface area contributed by atoms with Crippen LogP contribution in [0.15, 0.2) is 30.9 Å². The van der Waals surface area contributed by atoms with E-state index in [1.807, 2.05) is 4.90 Å². The first-order valence-corrected chi connectivity index (χ1v) is 5.32. The van der Waals surface area contributed by atoms with Crippen molar-refractivity contribution in [2.24, 2.45) is 0 Å². The number of aliphatic hydroxyl groups is 1. The van der Waals surface area contributed by atoms with Gasteiger partial charge in [0.2, 0.25) is 0 Å². The first-order chi connectivity index (χ1) is 7.72. The number of rotatable bonds is 6. The van der Waals surface area contributed by atoms with E-state index in [4.69, 9.17) is 16.7 Å². The minimum absolute atomic E-state index is 0.0564. The van der Waals surface area contributed by atoms with Gasteiger partial charge < -0.3 is 10.0 Å². The molecule has 86 valence electrons. The highest BCUT2D eigenvalue weighted by atomic mass is 35.5. The van der Waals surface area contributed by atoms with Crippen LogP contribution in [-0.2, 0) is 0 Å². The van der Waals surface area contributed by atoms with E-state index in [1.54, 1.807) is 24.3 Å². The molecule has 1 rings (SSSR count). The zero-order chi connectivity index (χ0) is 12.0. The van der Waals surface area contributed by atoms with Crippen molar-refractivity contribution in [3.05, 3.63) is 41.4 Å². The van der Waals surface area contributed by atoms with E-state index in [1.165, 1.54) is 0 Å². The number of aliphatic hydroxyl groups excluding tert-OH is 1. The van der Waals surface area contributed by atoms with Gasteiger partial charge in [0.15, 0.2) is 6.29 Å². The second-order valence-electron chi connectivity index (χ2n) is 3.28. The van der Waals surface area contributed by atoms with Crippen molar-refractivity contribution in [3.63, 3.8) is 0 Å². The zero-order valence-electron chi connectivity index (χ0n) is 8.90. The number of aldehydes is 1. The molecule has 0 heterocycles. The van der Waals surface area contributed by atoms with Crippen LogP contribution >= 0.6 is 11.6 Å². The first-order valence-electron chi connectivity index (χ1n) is 4.94. The van der Waals surface area contributed by atoms with Gasteiger partial charge in [0.05, 0.1) is 11.6 Å². The molecule has 0 spiro atoms. The lowest BCUT2D eigenvalue weighted by molar-refractivity contribution is 0.112. The summed E-state index contributed by atoms with van der Waals surface area (Å²) in [5.74, 6) is 0. The van der Waals surface area contributed by atoms with Gasteiger partial charge >= 0.3 is 0 Å². The van der Waals surface area contributed by atoms with E-state index in [-0.39, 0.29) is 6.61 Å². The average molecular weight is 240 g/mol. The number of nitrogens with zero attached hydrogens (tertiary/aromatic N) is 1. The highest BCUT2D eigenvalue weighted by Crippen LogP contribution is 2.22. The summed E-state index contributed by atoms with van der Waals surface area (Å²) in [6.45, 7) is 4.83. The molecule has 0 fully saturated rings. The fraction of sp³-hybridized carbons (Fsp3) is 0.250. The van der Waals surface area contributed by atoms with Gasteiger partial charge in [-0.2, -0.15) is 0 Å². The number of carbonyl (C=O) groups is 1. The Morgan fingerprint density at radius 3 is 2.75 bits per heavy atom. The van der Waals surface area contributed by atoms with Gasteiger partial charge in [-0.3, -0.25) is 4.79 Å². The maximum absolute atomic E-state index is 10.6. The van der Waals surface area contributed by atoms with Crippen LogP contribution in [0.2, 0.25) is 5.02 Å². The van der Waals surface area contributed by atoms with Gasteiger partial charge in [-0.15, -0.1) is 6.58 Å². The lowest BCUT2D eigenvalue weighted by atomic mass is 10.2. The molecule has 0 atom stereocenters. The van der Waals surface area contributed by atoms with Gasteiger partial charge in [-0.1, -0.05) is 17.7 Å². The summed E-state index contributed by atoms with van der Waals surface area (Å²) in [5, 5.41) is 9.35. The summed E-state index contributed by atoms with van der Waals surface area (Å²) >= 11 is 5.93. The number of anilines is 1. The van der Waals surface area contributed by atoms with Crippen molar-refractivity contribution in [2.75, 3.05) is 24.6 Å². The third kappa shape index (κ3) is 3.08. The minimum atomic E-state index is 0.0564. The van der Waals surface area contributed by atoms with Crippen LogP contribution < -0.4 is 4.90 Å². The van der Waals surface area contributed by atoms with Crippen LogP contribution in [0.1, 0.15) is 10.4 Å². The van der Waals surface area contributed by atoms with E-state index in [2.05, 4.69) is 6.58 Å². The van der Waals surface area contributed by atoms with Crippen molar-refractivity contribution in [3.8, 4) is 0 Å². The normalized spacial score (nSPS) is 9.88. The van der Waals surface area contributed by atoms with Gasteiger partial charge in [-0.25, -0.2) is 0 Å². The second-order valence-corrected chi connectivity index (χ2v) is 3.69. The summed E-state index contributed by atoms with van der Waals surface area (Å²) < 4.78 is 0. The molecule has 1 aromatic carbocycles. The van der Waals surface area contributed by atoms with E-state index in [0.717, 1.165) is 12.0 Å². The molecule has 0 aliphatic heterocycles. The quantitative estimate of drug-likeness (QED) is 0.611. The molecule has 0 bridgehead atoms. The Morgan fingerprint density at radius 2 is 2.25 bits per heavy atom. The van der Waals surface area contributed by atoms with Crippen LogP contribution in [-0.4, -0.2) is 31.1 Å². The molecular formula is C12H14ClNO2. The van der Waals surface area contributed by atoms with Crippen LogP contribution in [0, 0.1) is 0 Å². The van der Waals surface area contributed by atoms with Gasteiger partial charge in [0.1, 0.15) is 0 Å². The Labute approximate surface area is 100.0 Å². The Morgan fingerprint density at radius 1 is 1.50 bits per heavy atom. The minimum Gasteiger partial charge on any atom is -0.395 e. The van der Waals surface area contributed by atoms with Gasteiger partial charge in [0.25, 0.3) is 0 Å². The molecule has 4 heteroatoms. The molecule has 1 N–H and O–H groups in total. The molecule has 0 aliphatic carbocycles. The molecule has 0 amide bonds. The molecule has 1 aromatic rings. The van der Waals surface area contributed by atoms with Crippen molar-refractivity contribution in [2.45, 2.75) is 0 Å². The Kier molecular flexibility index (Phi) is 5.02. The van der Waals surface area contributed by atoms with Crippen LogP contribution in [0.4, 0.5) is 5.69 Å². The number of halogens is 1. The van der Waals surface area contributed by atoms with E-state index < -0.39 is 0 Å². The number of carbonyl (C=O) groups excluding carboxylic acids is 1. The fourth-order valence-corrected chi connectivity index (χ4v) is 1.63. The molecule has 3 nitrogen and oxygen atoms in total. The SMILES string of the molecule is C=CCN(CCO)c1ccc(C=O)c(Cl)c1. The van der Waals surface area contributed by atoms with Crippen LogP contribution in [0.25, 0.3) is 0 Å². The molecule has 0 aliphatic rings. The van der Waals surface area contributed by atoms with Gasteiger partial charge in [0, 0.05) is 24.3 Å². The van der Waals surface area contributed by atoms with Crippen molar-refractivity contribution < 1.29 is 9.90 Å². The number of benzene rings is 1. The van der Waals surface area contributed by atoms with E-state index in [0.29, 0.717) is 23.7 Å². The molecule has 0 saturated carbocycles. The average Bonchev–Trinajstić information content (AvgIpc) is 2.28. The number of hydrogen-bond acceptors (Lipinski definition) is 3. The predicted octanol–water partition coefficient (Wildman–Crippen LogP) is 2.14. The molecule has 16 heavy (non-hydrogen) atoms. The number of hydrogen-bond donors (Lipinski definition) is 1. The highest BCUT2D eigenvalue weighted by molar-refractivity contribution is 6.33. The molecular weight excluding hydrogens is 226 g/mol. The zero-order valence-corrected chi connectivity index (χ0v) is 9.65. The predicted molar refractivity (Wildman–Crippen MR) is 66.3 cm³/mol. The molecule has 0 saturated heterocycles. The van der Waals surface area contributed by atoms with Crippen LogP contribution in [0.3, 0.4) is 0 Å². The summed E-state index contributed by atoms with van der Waals surface area (Å²) in [6.07, 6.45) is 2.47. The maximum atomic E-state index is 10.6. The van der Waals surface area contributed by atoms with Crippen LogP contribution in [0.5, 0.6) is 0 Å². The van der Waals surface area contributed by atoms with E-state index >= 15 is 0 Å². The Hall–Kier alpha value is -1.32. The molecule has 0 unspecified atom stereocenters. The lowest BCUT2D eigenvalue weighted by Crippen LogP contribution is -2.26. The second kappa shape index (κ2) is 6.30. The third-order valence-electron chi connectivity index (χ3n) is 2.20. The molecule has 0 aromatic heterocycles. The Balaban J connectivity index is 2.95. The first kappa shape index (κ1) is 12.7. The summed E-state index contributed by atoms with van der Waals surface area (Å²) in [4.78, 5) is 12.5. The third-order valence-corrected chi connectivity index (χ3v) is 2.52. The van der Waals surface area contributed by atoms with Gasteiger partial charge in [-0.05, 0) is 18.2 Å². The highest BCUT2D eigenvalue weighted by Gasteiger charge is 2.06. The van der Waals surface area contributed by atoms with Crippen molar-refractivity contribution in [1.29, 1.82) is 0 Å². The fourth-order valence-electron chi connectivity index (χ4n) is 1.41. The van der Waals surface area contributed by atoms with Crippen molar-refractivity contribution in [1.82, 2.24) is 0 Å². The monoisotopic (exact) mass is 239 g/mol. The topological polar surface area (TPSA) is 40.5 Å². The summed E-state index contributed by atoms with van der Waals surface area (Å²) in [5.41, 5.74) is 1.33. The lowest BCUT2D eigenvalue weighted by Gasteiger charge is -2.22.